The maximum Gasteiger partial charge on any atom is 0.318 e. The summed E-state index contributed by atoms with van der Waals surface area (Å²) in [4.78, 5) is 47.8. The van der Waals surface area contributed by atoms with Gasteiger partial charge in [-0.15, -0.1) is 0 Å². The lowest BCUT2D eigenvalue weighted by molar-refractivity contribution is -0.394. The lowest BCUT2D eigenvalue weighted by Crippen LogP contribution is -2.30. The SMILES string of the molecule is O=C1CCCC2=C1C(c1cc(Br)cc(Br)c1Oc1ccc([N+](=O)[O-])cc1[N+](=O)[O-])C1=C(CCCC1=O)O2. The first-order valence-corrected chi connectivity index (χ1v) is 13.0. The van der Waals surface area contributed by atoms with Gasteiger partial charge in [-0.25, -0.2) is 0 Å². The van der Waals surface area contributed by atoms with E-state index in [9.17, 15) is 29.8 Å². The molecule has 0 N–H and O–H groups in total. The number of ether oxygens (including phenoxy) is 2. The Morgan fingerprint density at radius 3 is 2.05 bits per heavy atom. The Kier molecular flexibility index (Phi) is 6.71. The van der Waals surface area contributed by atoms with Crippen LogP contribution in [0, 0.1) is 20.2 Å². The zero-order valence-electron chi connectivity index (χ0n) is 19.1. The van der Waals surface area contributed by atoms with Crippen LogP contribution >= 0.6 is 31.9 Å². The molecule has 2 aliphatic carbocycles. The van der Waals surface area contributed by atoms with E-state index >= 15 is 0 Å². The number of carbonyl (C=O) groups excluding carboxylic acids is 2. The van der Waals surface area contributed by atoms with Crippen molar-refractivity contribution in [3.8, 4) is 11.5 Å². The van der Waals surface area contributed by atoms with E-state index in [-0.39, 0.29) is 23.1 Å². The topological polar surface area (TPSA) is 139 Å². The van der Waals surface area contributed by atoms with Gasteiger partial charge in [0, 0.05) is 52.9 Å². The number of carbonyl (C=O) groups is 2. The van der Waals surface area contributed by atoms with Crippen molar-refractivity contribution in [1.82, 2.24) is 0 Å². The van der Waals surface area contributed by atoms with Gasteiger partial charge in [0.2, 0.25) is 5.75 Å². The molecule has 10 nitrogen and oxygen atoms in total. The van der Waals surface area contributed by atoms with E-state index in [1.165, 1.54) is 0 Å². The number of benzene rings is 2. The summed E-state index contributed by atoms with van der Waals surface area (Å²) >= 11 is 6.93. The molecule has 0 atom stereocenters. The number of non-ortho nitro benzene ring substituents is 1. The van der Waals surface area contributed by atoms with Gasteiger partial charge in [0.1, 0.15) is 17.3 Å². The minimum Gasteiger partial charge on any atom is -0.465 e. The van der Waals surface area contributed by atoms with Crippen molar-refractivity contribution in [2.45, 2.75) is 44.4 Å². The summed E-state index contributed by atoms with van der Waals surface area (Å²) in [7, 11) is 0. The Hall–Kier alpha value is -3.38. The molecule has 0 radical (unpaired) electrons. The van der Waals surface area contributed by atoms with E-state index in [1.54, 1.807) is 12.1 Å². The molecule has 2 aromatic carbocycles. The molecule has 37 heavy (non-hydrogen) atoms. The normalized spacial score (nSPS) is 17.8. The largest absolute Gasteiger partial charge is 0.465 e. The van der Waals surface area contributed by atoms with Gasteiger partial charge < -0.3 is 9.47 Å². The van der Waals surface area contributed by atoms with Crippen LogP contribution in [0.25, 0.3) is 0 Å². The summed E-state index contributed by atoms with van der Waals surface area (Å²) in [5.41, 5.74) is 0.192. The molecular formula is C25H18Br2N2O8. The summed E-state index contributed by atoms with van der Waals surface area (Å²) in [6, 6.07) is 6.48. The summed E-state index contributed by atoms with van der Waals surface area (Å²) in [6.07, 6.45) is 3.02. The van der Waals surface area contributed by atoms with Gasteiger partial charge in [0.25, 0.3) is 5.69 Å². The van der Waals surface area contributed by atoms with Crippen LogP contribution in [0.15, 0.2) is 61.9 Å². The van der Waals surface area contributed by atoms with Gasteiger partial charge in [0.15, 0.2) is 11.6 Å². The van der Waals surface area contributed by atoms with Gasteiger partial charge in [-0.2, -0.15) is 0 Å². The number of nitro groups is 2. The van der Waals surface area contributed by atoms with Crippen molar-refractivity contribution in [2.75, 3.05) is 0 Å². The Morgan fingerprint density at radius 1 is 0.865 bits per heavy atom. The minimum absolute atomic E-state index is 0.125. The van der Waals surface area contributed by atoms with Gasteiger partial charge in [-0.05, 0) is 47.0 Å². The van der Waals surface area contributed by atoms with E-state index < -0.39 is 27.1 Å². The molecule has 5 rings (SSSR count). The van der Waals surface area contributed by atoms with Crippen molar-refractivity contribution in [1.29, 1.82) is 0 Å². The Morgan fingerprint density at radius 2 is 1.49 bits per heavy atom. The predicted molar refractivity (Wildman–Crippen MR) is 137 cm³/mol. The summed E-state index contributed by atoms with van der Waals surface area (Å²) in [6.45, 7) is 0. The molecule has 1 heterocycles. The van der Waals surface area contributed by atoms with Crippen LogP contribution in [0.5, 0.6) is 11.5 Å². The first kappa shape index (κ1) is 25.3. The minimum atomic E-state index is -0.778. The number of allylic oxidation sites excluding steroid dienone is 4. The van der Waals surface area contributed by atoms with Crippen molar-refractivity contribution in [2.24, 2.45) is 0 Å². The maximum atomic E-state index is 13.2. The highest BCUT2D eigenvalue weighted by Crippen LogP contribution is 2.52. The molecule has 0 aromatic heterocycles. The third kappa shape index (κ3) is 4.59. The molecule has 0 amide bonds. The van der Waals surface area contributed by atoms with E-state index in [2.05, 4.69) is 31.9 Å². The average Bonchev–Trinajstić information content (AvgIpc) is 2.84. The number of nitrogens with zero attached hydrogens (tertiary/aromatic N) is 2. The third-order valence-corrected chi connectivity index (χ3v) is 7.60. The first-order valence-electron chi connectivity index (χ1n) is 11.5. The molecule has 0 saturated carbocycles. The predicted octanol–water partition coefficient (Wildman–Crippen LogP) is 6.95. The molecule has 0 spiro atoms. The van der Waals surface area contributed by atoms with E-state index in [1.807, 2.05) is 0 Å². The molecule has 1 aliphatic heterocycles. The van der Waals surface area contributed by atoms with E-state index in [0.29, 0.717) is 75.7 Å². The maximum absolute atomic E-state index is 13.2. The number of hydrogen-bond acceptors (Lipinski definition) is 8. The number of Topliss-reactive ketones (excluding diaryl/α,β-unsaturated/α-hetero) is 2. The quantitative estimate of drug-likeness (QED) is 0.255. The van der Waals surface area contributed by atoms with Crippen molar-refractivity contribution < 1.29 is 28.9 Å². The highest BCUT2D eigenvalue weighted by molar-refractivity contribution is 9.11. The zero-order chi connectivity index (χ0) is 26.4. The van der Waals surface area contributed by atoms with Crippen LogP contribution in [-0.2, 0) is 14.3 Å². The molecule has 0 fully saturated rings. The van der Waals surface area contributed by atoms with E-state index in [0.717, 1.165) is 18.2 Å². The highest BCUT2D eigenvalue weighted by Gasteiger charge is 2.43. The van der Waals surface area contributed by atoms with Gasteiger partial charge in [-0.1, -0.05) is 15.9 Å². The molecular weight excluding hydrogens is 616 g/mol. The molecule has 190 valence electrons. The summed E-state index contributed by atoms with van der Waals surface area (Å²) in [5, 5.41) is 22.9. The van der Waals surface area contributed by atoms with Crippen molar-refractivity contribution in [3.63, 3.8) is 0 Å². The molecule has 0 saturated heterocycles. The number of halogens is 2. The Bertz CT molecular complexity index is 1420. The summed E-state index contributed by atoms with van der Waals surface area (Å²) in [5.74, 6) is -0.0155. The Labute approximate surface area is 226 Å². The van der Waals surface area contributed by atoms with Crippen LogP contribution in [0.1, 0.15) is 50.0 Å². The number of rotatable bonds is 5. The molecule has 0 unspecified atom stereocenters. The standard InChI is InChI=1S/C25H18Br2N2O8/c26-12-9-14(22-23-17(30)3-1-5-20(23)36-21-6-2-4-18(31)24(21)22)25(15(27)10-12)37-19-8-7-13(28(32)33)11-16(19)29(34)35/h7-11,22H,1-6H2. The van der Waals surface area contributed by atoms with Crippen LogP contribution in [-0.4, -0.2) is 21.4 Å². The van der Waals surface area contributed by atoms with Gasteiger partial charge >= 0.3 is 5.69 Å². The number of hydrogen-bond donors (Lipinski definition) is 0. The van der Waals surface area contributed by atoms with Crippen LogP contribution in [0.3, 0.4) is 0 Å². The van der Waals surface area contributed by atoms with Gasteiger partial charge in [-0.3, -0.25) is 29.8 Å². The third-order valence-electron chi connectivity index (χ3n) is 6.55. The zero-order valence-corrected chi connectivity index (χ0v) is 22.3. The average molecular weight is 634 g/mol. The first-order chi connectivity index (χ1) is 17.7. The van der Waals surface area contributed by atoms with Crippen LogP contribution < -0.4 is 4.74 Å². The van der Waals surface area contributed by atoms with E-state index in [4.69, 9.17) is 9.47 Å². The van der Waals surface area contributed by atoms with Crippen LogP contribution in [0.4, 0.5) is 11.4 Å². The fourth-order valence-electron chi connectivity index (χ4n) is 4.99. The number of ketones is 2. The second kappa shape index (κ2) is 9.82. The van der Waals surface area contributed by atoms with Crippen LogP contribution in [0.2, 0.25) is 0 Å². The second-order valence-corrected chi connectivity index (χ2v) is 10.6. The molecule has 3 aliphatic rings. The molecule has 2 aromatic rings. The Balaban J connectivity index is 1.72. The van der Waals surface area contributed by atoms with Crippen molar-refractivity contribution in [3.05, 3.63) is 87.7 Å². The van der Waals surface area contributed by atoms with Gasteiger partial charge in [0.05, 0.1) is 26.3 Å². The molecule has 12 heteroatoms. The molecule has 0 bridgehead atoms. The highest BCUT2D eigenvalue weighted by atomic mass is 79.9. The monoisotopic (exact) mass is 632 g/mol. The lowest BCUT2D eigenvalue weighted by Gasteiger charge is -2.36. The second-order valence-electron chi connectivity index (χ2n) is 8.84. The fraction of sp³-hybridized carbons (Fsp3) is 0.280. The van der Waals surface area contributed by atoms with Crippen molar-refractivity contribution >= 4 is 54.8 Å². The smallest absolute Gasteiger partial charge is 0.318 e. The lowest BCUT2D eigenvalue weighted by atomic mass is 9.73. The number of nitro benzene ring substituents is 2. The fourth-order valence-corrected chi connectivity index (χ4v) is 6.33. The summed E-state index contributed by atoms with van der Waals surface area (Å²) < 4.78 is 13.2.